The van der Waals surface area contributed by atoms with Crippen molar-refractivity contribution in [1.82, 2.24) is 4.90 Å². The SMILES string of the molecule is CC(C)(CN)CCCCN1CCCCCCC1. The molecule has 2 heteroatoms. The fourth-order valence-electron chi connectivity index (χ4n) is 2.58. The summed E-state index contributed by atoms with van der Waals surface area (Å²) in [5, 5.41) is 0. The summed E-state index contributed by atoms with van der Waals surface area (Å²) in [6.45, 7) is 9.35. The number of nitrogens with zero attached hydrogens (tertiary/aromatic N) is 1. The molecule has 0 aliphatic carbocycles. The van der Waals surface area contributed by atoms with Gasteiger partial charge in [-0.2, -0.15) is 0 Å². The van der Waals surface area contributed by atoms with E-state index in [4.69, 9.17) is 5.73 Å². The summed E-state index contributed by atoms with van der Waals surface area (Å²) in [5.74, 6) is 0. The maximum Gasteiger partial charge on any atom is -0.00187 e. The lowest BCUT2D eigenvalue weighted by Gasteiger charge is -2.26. The van der Waals surface area contributed by atoms with Crippen molar-refractivity contribution >= 4 is 0 Å². The van der Waals surface area contributed by atoms with E-state index in [-0.39, 0.29) is 0 Å². The first-order chi connectivity index (χ1) is 8.14. The van der Waals surface area contributed by atoms with Crippen molar-refractivity contribution in [3.8, 4) is 0 Å². The fraction of sp³-hybridized carbons (Fsp3) is 1.00. The van der Waals surface area contributed by atoms with E-state index < -0.39 is 0 Å². The van der Waals surface area contributed by atoms with Crippen molar-refractivity contribution in [3.05, 3.63) is 0 Å². The van der Waals surface area contributed by atoms with Crippen LogP contribution in [0.3, 0.4) is 0 Å². The predicted molar refractivity (Wildman–Crippen MR) is 76.2 cm³/mol. The van der Waals surface area contributed by atoms with Gasteiger partial charge in [0.1, 0.15) is 0 Å². The van der Waals surface area contributed by atoms with E-state index in [0.717, 1.165) is 6.54 Å². The molecule has 1 fully saturated rings. The Bertz CT molecular complexity index is 181. The van der Waals surface area contributed by atoms with Gasteiger partial charge in [0.05, 0.1) is 0 Å². The van der Waals surface area contributed by atoms with Gasteiger partial charge < -0.3 is 10.6 Å². The molecule has 1 aliphatic rings. The van der Waals surface area contributed by atoms with E-state index in [1.165, 1.54) is 71.0 Å². The van der Waals surface area contributed by atoms with Crippen LogP contribution in [0.15, 0.2) is 0 Å². The summed E-state index contributed by atoms with van der Waals surface area (Å²) >= 11 is 0. The molecule has 0 spiro atoms. The molecule has 0 bridgehead atoms. The highest BCUT2D eigenvalue weighted by Gasteiger charge is 2.15. The minimum atomic E-state index is 0.344. The van der Waals surface area contributed by atoms with E-state index in [9.17, 15) is 0 Å². The van der Waals surface area contributed by atoms with Gasteiger partial charge in [-0.1, -0.05) is 39.5 Å². The minimum Gasteiger partial charge on any atom is -0.330 e. The summed E-state index contributed by atoms with van der Waals surface area (Å²) in [5.41, 5.74) is 6.10. The molecule has 0 amide bonds. The van der Waals surface area contributed by atoms with Gasteiger partial charge in [-0.15, -0.1) is 0 Å². The van der Waals surface area contributed by atoms with Crippen LogP contribution in [0.2, 0.25) is 0 Å². The first-order valence-electron chi connectivity index (χ1n) is 7.56. The molecule has 1 saturated heterocycles. The fourth-order valence-corrected chi connectivity index (χ4v) is 2.58. The van der Waals surface area contributed by atoms with Crippen LogP contribution in [0.4, 0.5) is 0 Å². The molecule has 2 nitrogen and oxygen atoms in total. The third-order valence-electron chi connectivity index (χ3n) is 4.08. The second-order valence-electron chi connectivity index (χ2n) is 6.43. The van der Waals surface area contributed by atoms with Crippen molar-refractivity contribution in [2.24, 2.45) is 11.1 Å². The molecule has 0 aromatic heterocycles. The van der Waals surface area contributed by atoms with Crippen molar-refractivity contribution in [2.75, 3.05) is 26.2 Å². The smallest absolute Gasteiger partial charge is 0.00187 e. The van der Waals surface area contributed by atoms with E-state index in [1.807, 2.05) is 0 Å². The lowest BCUT2D eigenvalue weighted by Crippen LogP contribution is -2.29. The summed E-state index contributed by atoms with van der Waals surface area (Å²) in [6, 6.07) is 0. The van der Waals surface area contributed by atoms with E-state index in [0.29, 0.717) is 5.41 Å². The number of hydrogen-bond acceptors (Lipinski definition) is 2. The standard InChI is InChI=1S/C15H32N2/c1-15(2,14-16)10-6-9-13-17-11-7-4-3-5-8-12-17/h3-14,16H2,1-2H3. The summed E-state index contributed by atoms with van der Waals surface area (Å²) in [7, 11) is 0. The molecule has 0 aromatic rings. The largest absolute Gasteiger partial charge is 0.330 e. The first-order valence-corrected chi connectivity index (χ1v) is 7.56. The highest BCUT2D eigenvalue weighted by Crippen LogP contribution is 2.21. The molecule has 1 heterocycles. The first kappa shape index (κ1) is 15.0. The average molecular weight is 240 g/mol. The van der Waals surface area contributed by atoms with Crippen LogP contribution in [-0.2, 0) is 0 Å². The Morgan fingerprint density at radius 1 is 0.941 bits per heavy atom. The lowest BCUT2D eigenvalue weighted by molar-refractivity contribution is 0.235. The minimum absolute atomic E-state index is 0.344. The second-order valence-corrected chi connectivity index (χ2v) is 6.43. The number of hydrogen-bond donors (Lipinski definition) is 1. The molecule has 0 radical (unpaired) electrons. The van der Waals surface area contributed by atoms with Crippen molar-refractivity contribution in [2.45, 2.75) is 65.2 Å². The Morgan fingerprint density at radius 2 is 1.53 bits per heavy atom. The average Bonchev–Trinajstić information content (AvgIpc) is 2.26. The highest BCUT2D eigenvalue weighted by molar-refractivity contribution is 4.70. The third kappa shape index (κ3) is 7.05. The molecule has 2 N–H and O–H groups in total. The number of unbranched alkanes of at least 4 members (excludes halogenated alkanes) is 1. The molecular formula is C15H32N2. The molecule has 0 aromatic carbocycles. The summed E-state index contributed by atoms with van der Waals surface area (Å²) < 4.78 is 0. The topological polar surface area (TPSA) is 29.3 Å². The van der Waals surface area contributed by atoms with Crippen molar-refractivity contribution in [3.63, 3.8) is 0 Å². The van der Waals surface area contributed by atoms with Crippen LogP contribution in [-0.4, -0.2) is 31.1 Å². The molecule has 0 unspecified atom stereocenters. The Kier molecular flexibility index (Phi) is 7.14. The monoisotopic (exact) mass is 240 g/mol. The predicted octanol–water partition coefficient (Wildman–Crippen LogP) is 3.41. The molecule has 1 aliphatic heterocycles. The molecule has 0 saturated carbocycles. The Hall–Kier alpha value is -0.0800. The van der Waals surface area contributed by atoms with E-state index >= 15 is 0 Å². The zero-order valence-electron chi connectivity index (χ0n) is 12.0. The quantitative estimate of drug-likeness (QED) is 0.721. The van der Waals surface area contributed by atoms with Gasteiger partial charge in [0, 0.05) is 0 Å². The van der Waals surface area contributed by atoms with Crippen molar-refractivity contribution < 1.29 is 0 Å². The second kappa shape index (κ2) is 8.10. The molecule has 17 heavy (non-hydrogen) atoms. The van der Waals surface area contributed by atoms with Gasteiger partial charge in [0.25, 0.3) is 0 Å². The molecule has 1 rings (SSSR count). The van der Waals surface area contributed by atoms with Crippen LogP contribution in [0.1, 0.15) is 65.2 Å². The van der Waals surface area contributed by atoms with Gasteiger partial charge in [-0.05, 0) is 57.3 Å². The Balaban J connectivity index is 2.08. The normalized spacial score (nSPS) is 19.9. The van der Waals surface area contributed by atoms with Crippen LogP contribution in [0, 0.1) is 5.41 Å². The molecule has 102 valence electrons. The van der Waals surface area contributed by atoms with Gasteiger partial charge in [-0.25, -0.2) is 0 Å². The molecule has 0 atom stereocenters. The zero-order chi connectivity index (χ0) is 12.6. The van der Waals surface area contributed by atoms with Gasteiger partial charge in [0.2, 0.25) is 0 Å². The summed E-state index contributed by atoms with van der Waals surface area (Å²) in [4.78, 5) is 2.68. The highest BCUT2D eigenvalue weighted by atomic mass is 15.1. The van der Waals surface area contributed by atoms with Crippen LogP contribution < -0.4 is 5.73 Å². The number of nitrogens with two attached hydrogens (primary N) is 1. The maximum absolute atomic E-state index is 5.76. The van der Waals surface area contributed by atoms with Gasteiger partial charge >= 0.3 is 0 Å². The zero-order valence-corrected chi connectivity index (χ0v) is 12.0. The summed E-state index contributed by atoms with van der Waals surface area (Å²) in [6.07, 6.45) is 11.1. The van der Waals surface area contributed by atoms with E-state index in [2.05, 4.69) is 18.7 Å². The van der Waals surface area contributed by atoms with Crippen molar-refractivity contribution in [1.29, 1.82) is 0 Å². The molecular weight excluding hydrogens is 208 g/mol. The van der Waals surface area contributed by atoms with Gasteiger partial charge in [-0.3, -0.25) is 0 Å². The van der Waals surface area contributed by atoms with Crippen LogP contribution in [0.25, 0.3) is 0 Å². The van der Waals surface area contributed by atoms with E-state index in [1.54, 1.807) is 0 Å². The maximum atomic E-state index is 5.76. The third-order valence-corrected chi connectivity index (χ3v) is 4.08. The number of likely N-dealkylation sites (tertiary alicyclic amines) is 1. The van der Waals surface area contributed by atoms with Crippen LogP contribution in [0.5, 0.6) is 0 Å². The lowest BCUT2D eigenvalue weighted by atomic mass is 9.87. The van der Waals surface area contributed by atoms with Crippen LogP contribution >= 0.6 is 0 Å². The Labute approximate surface area is 108 Å². The van der Waals surface area contributed by atoms with Gasteiger partial charge in [0.15, 0.2) is 0 Å². The number of rotatable bonds is 6. The Morgan fingerprint density at radius 3 is 2.12 bits per heavy atom.